The highest BCUT2D eigenvalue weighted by Gasteiger charge is 2.73. The van der Waals surface area contributed by atoms with Crippen LogP contribution in [0.2, 0.25) is 0 Å². The van der Waals surface area contributed by atoms with Gasteiger partial charge >= 0.3 is 0 Å². The summed E-state index contributed by atoms with van der Waals surface area (Å²) >= 11 is 14.8. The lowest BCUT2D eigenvalue weighted by Gasteiger charge is -2.54. The molecule has 7 rings (SSSR count). The highest BCUT2D eigenvalue weighted by atomic mass is 35.5. The first kappa shape index (κ1) is 22.3. The lowest BCUT2D eigenvalue weighted by atomic mass is 9.54. The number of nitrogens with zero attached hydrogens (tertiary/aromatic N) is 1. The Balaban J connectivity index is 1.41. The summed E-state index contributed by atoms with van der Waals surface area (Å²) in [5.74, 6) is -3.22. The minimum absolute atomic E-state index is 0.398. The minimum Gasteiger partial charge on any atom is -0.324 e. The van der Waals surface area contributed by atoms with Gasteiger partial charge in [-0.1, -0.05) is 66.2 Å². The minimum atomic E-state index is -1.25. The number of imide groups is 1. The molecule has 2 atom stereocenters. The molecule has 7 heteroatoms. The van der Waals surface area contributed by atoms with Crippen molar-refractivity contribution in [2.45, 2.75) is 23.6 Å². The van der Waals surface area contributed by atoms with Crippen molar-refractivity contribution in [1.29, 1.82) is 0 Å². The lowest BCUT2D eigenvalue weighted by molar-refractivity contribution is -0.142. The predicted molar refractivity (Wildman–Crippen MR) is 134 cm³/mol. The first-order chi connectivity index (χ1) is 16.7. The first-order valence-electron chi connectivity index (χ1n) is 11.5. The number of aryl methyl sites for hydroxylation is 2. The van der Waals surface area contributed by atoms with E-state index in [2.05, 4.69) is 5.32 Å². The second-order valence-electron chi connectivity index (χ2n) is 9.60. The van der Waals surface area contributed by atoms with Gasteiger partial charge in [-0.15, -0.1) is 23.2 Å². The molecule has 1 aliphatic heterocycles. The zero-order valence-electron chi connectivity index (χ0n) is 19.1. The van der Waals surface area contributed by atoms with Crippen LogP contribution in [-0.2, 0) is 24.1 Å². The molecule has 2 bridgehead atoms. The Hall–Kier alpha value is -3.15. The van der Waals surface area contributed by atoms with E-state index in [0.29, 0.717) is 5.69 Å². The molecule has 0 unspecified atom stereocenters. The fraction of sp³-hybridized carbons (Fsp3) is 0.250. The van der Waals surface area contributed by atoms with Crippen molar-refractivity contribution in [1.82, 2.24) is 4.90 Å². The average Bonchev–Trinajstić information content (AvgIpc) is 3.10. The second kappa shape index (κ2) is 7.42. The monoisotopic (exact) mass is 504 g/mol. The summed E-state index contributed by atoms with van der Waals surface area (Å²) in [4.78, 5) is 39.1. The van der Waals surface area contributed by atoms with Crippen molar-refractivity contribution in [2.24, 2.45) is 11.8 Å². The number of amides is 3. The Morgan fingerprint density at radius 1 is 0.829 bits per heavy atom. The number of anilines is 1. The van der Waals surface area contributed by atoms with Crippen molar-refractivity contribution in [3.63, 3.8) is 0 Å². The zero-order chi connectivity index (χ0) is 24.7. The molecular formula is C28H22Cl2N2O3. The molecule has 4 aliphatic rings. The van der Waals surface area contributed by atoms with Crippen LogP contribution in [0.5, 0.6) is 0 Å². The van der Waals surface area contributed by atoms with Gasteiger partial charge in [-0.25, -0.2) is 0 Å². The van der Waals surface area contributed by atoms with Crippen molar-refractivity contribution in [2.75, 3.05) is 11.9 Å². The summed E-state index contributed by atoms with van der Waals surface area (Å²) < 4.78 is 0. The van der Waals surface area contributed by atoms with Gasteiger partial charge in [0.2, 0.25) is 17.7 Å². The van der Waals surface area contributed by atoms with E-state index in [1.54, 1.807) is 0 Å². The number of alkyl halides is 2. The number of likely N-dealkylation sites (tertiary alicyclic amines) is 1. The van der Waals surface area contributed by atoms with Gasteiger partial charge in [0.25, 0.3) is 0 Å². The number of nitrogens with one attached hydrogen (secondary N) is 1. The van der Waals surface area contributed by atoms with Crippen molar-refractivity contribution in [3.8, 4) is 0 Å². The number of carbonyl (C=O) groups is 3. The van der Waals surface area contributed by atoms with Gasteiger partial charge in [-0.05, 0) is 47.7 Å². The molecule has 176 valence electrons. The summed E-state index contributed by atoms with van der Waals surface area (Å²) in [5.41, 5.74) is 5.55. The van der Waals surface area contributed by atoms with Crippen LogP contribution in [0.4, 0.5) is 5.69 Å². The normalized spacial score (nSPS) is 27.9. The molecule has 0 aromatic heterocycles. The third kappa shape index (κ3) is 2.79. The second-order valence-corrected chi connectivity index (χ2v) is 10.8. The van der Waals surface area contributed by atoms with E-state index in [4.69, 9.17) is 23.2 Å². The van der Waals surface area contributed by atoms with E-state index in [1.165, 1.54) is 0 Å². The van der Waals surface area contributed by atoms with E-state index >= 15 is 0 Å². The van der Waals surface area contributed by atoms with Gasteiger partial charge < -0.3 is 5.32 Å². The Morgan fingerprint density at radius 2 is 1.29 bits per heavy atom. The number of halogens is 2. The number of hydrogen-bond donors (Lipinski definition) is 1. The maximum absolute atomic E-state index is 13.8. The van der Waals surface area contributed by atoms with E-state index in [-0.39, 0.29) is 0 Å². The van der Waals surface area contributed by atoms with Crippen LogP contribution in [-0.4, -0.2) is 29.2 Å². The fourth-order valence-electron chi connectivity index (χ4n) is 6.17. The van der Waals surface area contributed by atoms with Crippen molar-refractivity contribution in [3.05, 3.63) is 100 Å². The zero-order valence-corrected chi connectivity index (χ0v) is 20.7. The van der Waals surface area contributed by atoms with E-state index < -0.39 is 45.9 Å². The molecule has 0 saturated carbocycles. The summed E-state index contributed by atoms with van der Waals surface area (Å²) in [6, 6.07) is 20.6. The van der Waals surface area contributed by atoms with E-state index in [0.717, 1.165) is 38.3 Å². The highest BCUT2D eigenvalue weighted by Crippen LogP contribution is 2.69. The topological polar surface area (TPSA) is 66.5 Å². The van der Waals surface area contributed by atoms with Gasteiger partial charge in [0, 0.05) is 5.69 Å². The summed E-state index contributed by atoms with van der Waals surface area (Å²) in [5, 5.41) is 2.83. The molecule has 0 radical (unpaired) electrons. The van der Waals surface area contributed by atoms with Crippen LogP contribution in [0.1, 0.15) is 33.4 Å². The van der Waals surface area contributed by atoms with E-state index in [9.17, 15) is 14.4 Å². The predicted octanol–water partition coefficient (Wildman–Crippen LogP) is 4.84. The lowest BCUT2D eigenvalue weighted by Crippen LogP contribution is -2.57. The first-order valence-corrected chi connectivity index (χ1v) is 12.2. The number of hydrogen-bond acceptors (Lipinski definition) is 3. The quantitative estimate of drug-likeness (QED) is 0.410. The molecule has 0 spiro atoms. The van der Waals surface area contributed by atoms with Crippen LogP contribution >= 0.6 is 23.2 Å². The molecule has 1 N–H and O–H groups in total. The Kier molecular flexibility index (Phi) is 4.73. The standard InChI is InChI=1S/C28H22Cl2N2O3/c1-15-11-12-21(16(2)13-15)31-22(33)14-32-25(34)23-24(26(32)35)28(30)18-8-4-3-7-17(18)27(23,29)19-9-5-6-10-20(19)28/h3-13,23-24H,14H2,1-2H3,(H,31,33)/t23-,24-,27?,28?/m1/s1. The summed E-state index contributed by atoms with van der Waals surface area (Å²) in [7, 11) is 0. The van der Waals surface area contributed by atoms with Gasteiger partial charge in [-0.2, -0.15) is 0 Å². The van der Waals surface area contributed by atoms with Crippen LogP contribution in [0.15, 0.2) is 66.7 Å². The van der Waals surface area contributed by atoms with Crippen LogP contribution in [0, 0.1) is 25.7 Å². The number of rotatable bonds is 3. The van der Waals surface area contributed by atoms with Gasteiger partial charge in [0.05, 0.1) is 11.8 Å². The largest absolute Gasteiger partial charge is 0.324 e. The molecule has 3 aromatic rings. The van der Waals surface area contributed by atoms with Gasteiger partial charge in [0.1, 0.15) is 16.3 Å². The van der Waals surface area contributed by atoms with Gasteiger partial charge in [-0.3, -0.25) is 19.3 Å². The fourth-order valence-corrected chi connectivity index (χ4v) is 7.27. The van der Waals surface area contributed by atoms with Crippen LogP contribution in [0.25, 0.3) is 0 Å². The molecule has 35 heavy (non-hydrogen) atoms. The molecule has 5 nitrogen and oxygen atoms in total. The van der Waals surface area contributed by atoms with Gasteiger partial charge in [0.15, 0.2) is 0 Å². The molecule has 3 aliphatic carbocycles. The van der Waals surface area contributed by atoms with Crippen molar-refractivity contribution < 1.29 is 14.4 Å². The maximum atomic E-state index is 13.8. The molecule has 1 heterocycles. The van der Waals surface area contributed by atoms with Crippen LogP contribution < -0.4 is 5.32 Å². The SMILES string of the molecule is Cc1ccc(NC(=O)CN2C(=O)[C@H]3[C@H](C2=O)C2(Cl)c4ccccc4C3(Cl)c3ccccc32)c(C)c1. The third-order valence-electron chi connectivity index (χ3n) is 7.63. The third-order valence-corrected chi connectivity index (χ3v) is 8.92. The maximum Gasteiger partial charge on any atom is 0.244 e. The molecule has 3 aromatic carbocycles. The smallest absolute Gasteiger partial charge is 0.244 e. The van der Waals surface area contributed by atoms with Crippen molar-refractivity contribution >= 4 is 46.6 Å². The summed E-state index contributed by atoms with van der Waals surface area (Å²) in [6.07, 6.45) is 0. The average molecular weight is 505 g/mol. The number of benzene rings is 3. The van der Waals surface area contributed by atoms with Crippen LogP contribution in [0.3, 0.4) is 0 Å². The highest BCUT2D eigenvalue weighted by molar-refractivity contribution is 6.36. The Bertz CT molecular complexity index is 1330. The Morgan fingerprint density at radius 3 is 1.71 bits per heavy atom. The molecule has 3 amide bonds. The summed E-state index contributed by atoms with van der Waals surface area (Å²) in [6.45, 7) is 3.46. The van der Waals surface area contributed by atoms with E-state index in [1.807, 2.05) is 80.6 Å². The molecular weight excluding hydrogens is 483 g/mol. The number of carbonyl (C=O) groups excluding carboxylic acids is 3. The molecule has 1 fully saturated rings. The molecule has 1 saturated heterocycles. The Labute approximate surface area is 213 Å².